The van der Waals surface area contributed by atoms with E-state index < -0.39 is 5.97 Å². The average Bonchev–Trinajstić information content (AvgIpc) is 2.83. The molecule has 2 aromatic rings. The molecule has 1 aromatic heterocycles. The SMILES string of the molecule is CC(Cc1ccc(NCc2cnn(C)n2)cc1)C(=O)O. The molecule has 1 aromatic carbocycles. The Labute approximate surface area is 117 Å². The lowest BCUT2D eigenvalue weighted by Gasteiger charge is -2.08. The van der Waals surface area contributed by atoms with Crippen molar-refractivity contribution >= 4 is 11.7 Å². The van der Waals surface area contributed by atoms with Gasteiger partial charge in [-0.3, -0.25) is 4.79 Å². The Hall–Kier alpha value is -2.37. The van der Waals surface area contributed by atoms with Crippen LogP contribution in [0.2, 0.25) is 0 Å². The Bertz CT molecular complexity index is 577. The number of hydrogen-bond acceptors (Lipinski definition) is 4. The number of anilines is 1. The fourth-order valence-corrected chi connectivity index (χ4v) is 1.86. The predicted octanol–water partition coefficient (Wildman–Crippen LogP) is 1.69. The van der Waals surface area contributed by atoms with Gasteiger partial charge in [0.05, 0.1) is 18.7 Å². The summed E-state index contributed by atoms with van der Waals surface area (Å²) in [6, 6.07) is 7.78. The smallest absolute Gasteiger partial charge is 0.306 e. The first-order valence-corrected chi connectivity index (χ1v) is 6.45. The van der Waals surface area contributed by atoms with E-state index in [9.17, 15) is 4.79 Å². The highest BCUT2D eigenvalue weighted by molar-refractivity contribution is 5.69. The van der Waals surface area contributed by atoms with Crippen molar-refractivity contribution in [2.24, 2.45) is 13.0 Å². The minimum Gasteiger partial charge on any atom is -0.481 e. The summed E-state index contributed by atoms with van der Waals surface area (Å²) in [6.45, 7) is 2.32. The lowest BCUT2D eigenvalue weighted by molar-refractivity contribution is -0.141. The van der Waals surface area contributed by atoms with Crippen molar-refractivity contribution in [1.82, 2.24) is 15.0 Å². The van der Waals surface area contributed by atoms with Gasteiger partial charge in [0.15, 0.2) is 0 Å². The zero-order valence-corrected chi connectivity index (χ0v) is 11.6. The summed E-state index contributed by atoms with van der Waals surface area (Å²) in [5.41, 5.74) is 2.86. The number of nitrogens with zero attached hydrogens (tertiary/aromatic N) is 3. The number of carboxylic acid groups (broad SMARTS) is 1. The highest BCUT2D eigenvalue weighted by Gasteiger charge is 2.11. The van der Waals surface area contributed by atoms with Crippen LogP contribution in [0, 0.1) is 5.92 Å². The van der Waals surface area contributed by atoms with Crippen LogP contribution in [0.4, 0.5) is 5.69 Å². The maximum Gasteiger partial charge on any atom is 0.306 e. The fraction of sp³-hybridized carbons (Fsp3) is 0.357. The number of rotatable bonds is 6. The topological polar surface area (TPSA) is 80.0 Å². The molecule has 0 aliphatic rings. The molecule has 1 unspecified atom stereocenters. The van der Waals surface area contributed by atoms with Gasteiger partial charge in [-0.05, 0) is 24.1 Å². The molecule has 0 radical (unpaired) electrons. The van der Waals surface area contributed by atoms with Gasteiger partial charge < -0.3 is 10.4 Å². The van der Waals surface area contributed by atoms with E-state index in [0.29, 0.717) is 13.0 Å². The van der Waals surface area contributed by atoms with Gasteiger partial charge >= 0.3 is 5.97 Å². The molecule has 2 N–H and O–H groups in total. The maximum atomic E-state index is 10.8. The van der Waals surface area contributed by atoms with E-state index in [-0.39, 0.29) is 5.92 Å². The van der Waals surface area contributed by atoms with Crippen LogP contribution in [0.15, 0.2) is 30.5 Å². The van der Waals surface area contributed by atoms with Crippen LogP contribution in [0.25, 0.3) is 0 Å². The summed E-state index contributed by atoms with van der Waals surface area (Å²) >= 11 is 0. The summed E-state index contributed by atoms with van der Waals surface area (Å²) in [5, 5.41) is 20.3. The maximum absolute atomic E-state index is 10.8. The van der Waals surface area contributed by atoms with Gasteiger partial charge in [0.1, 0.15) is 5.69 Å². The highest BCUT2D eigenvalue weighted by atomic mass is 16.4. The van der Waals surface area contributed by atoms with Gasteiger partial charge in [-0.15, -0.1) is 0 Å². The Kier molecular flexibility index (Phi) is 4.34. The van der Waals surface area contributed by atoms with Gasteiger partial charge in [-0.1, -0.05) is 19.1 Å². The van der Waals surface area contributed by atoms with Crippen LogP contribution < -0.4 is 5.32 Å². The Morgan fingerprint density at radius 2 is 2.10 bits per heavy atom. The van der Waals surface area contributed by atoms with E-state index in [1.165, 1.54) is 4.80 Å². The standard InChI is InChI=1S/C14H18N4O2/c1-10(14(19)20)7-11-3-5-12(6-4-11)15-8-13-9-16-18(2)17-13/h3-6,9-10,15H,7-8H2,1-2H3,(H,19,20). The van der Waals surface area contributed by atoms with Crippen LogP contribution in [-0.2, 0) is 24.8 Å². The normalized spacial score (nSPS) is 12.1. The second kappa shape index (κ2) is 6.18. The van der Waals surface area contributed by atoms with E-state index in [0.717, 1.165) is 16.9 Å². The number of carboxylic acids is 1. The van der Waals surface area contributed by atoms with Crippen LogP contribution in [0.1, 0.15) is 18.2 Å². The molecule has 6 nitrogen and oxygen atoms in total. The van der Waals surface area contributed by atoms with Crippen molar-refractivity contribution in [2.45, 2.75) is 19.9 Å². The lowest BCUT2D eigenvalue weighted by Crippen LogP contribution is -2.12. The molecule has 0 bridgehead atoms. The minimum absolute atomic E-state index is 0.367. The summed E-state index contributed by atoms with van der Waals surface area (Å²) < 4.78 is 0. The molecule has 0 aliphatic carbocycles. The summed E-state index contributed by atoms with van der Waals surface area (Å²) in [6.07, 6.45) is 2.26. The molecule has 0 fully saturated rings. The molecular weight excluding hydrogens is 256 g/mol. The molecule has 0 amide bonds. The van der Waals surface area contributed by atoms with Gasteiger partial charge in [0, 0.05) is 12.7 Å². The molecule has 106 valence electrons. The molecule has 2 rings (SSSR count). The van der Waals surface area contributed by atoms with Gasteiger partial charge in [-0.25, -0.2) is 0 Å². The second-order valence-electron chi connectivity index (χ2n) is 4.82. The van der Waals surface area contributed by atoms with Crippen molar-refractivity contribution < 1.29 is 9.90 Å². The highest BCUT2D eigenvalue weighted by Crippen LogP contribution is 2.14. The summed E-state index contributed by atoms with van der Waals surface area (Å²) in [4.78, 5) is 12.3. The zero-order chi connectivity index (χ0) is 14.5. The van der Waals surface area contributed by atoms with Crippen molar-refractivity contribution in [3.05, 3.63) is 41.7 Å². The first kappa shape index (κ1) is 14.0. The number of aromatic nitrogens is 3. The Morgan fingerprint density at radius 3 is 2.65 bits per heavy atom. The molecule has 0 spiro atoms. The Morgan fingerprint density at radius 1 is 1.40 bits per heavy atom. The molecule has 0 saturated carbocycles. The third kappa shape index (κ3) is 3.81. The van der Waals surface area contributed by atoms with Crippen molar-refractivity contribution in [2.75, 3.05) is 5.32 Å². The fourth-order valence-electron chi connectivity index (χ4n) is 1.86. The predicted molar refractivity (Wildman–Crippen MR) is 75.3 cm³/mol. The van der Waals surface area contributed by atoms with Gasteiger partial charge in [-0.2, -0.15) is 15.0 Å². The average molecular weight is 274 g/mol. The molecule has 1 atom stereocenters. The number of aliphatic carboxylic acids is 1. The second-order valence-corrected chi connectivity index (χ2v) is 4.82. The number of nitrogens with one attached hydrogen (secondary N) is 1. The molecule has 20 heavy (non-hydrogen) atoms. The first-order chi connectivity index (χ1) is 9.54. The molecule has 6 heteroatoms. The molecule has 1 heterocycles. The first-order valence-electron chi connectivity index (χ1n) is 6.45. The van der Waals surface area contributed by atoms with Crippen molar-refractivity contribution in [3.8, 4) is 0 Å². The minimum atomic E-state index is -0.769. The van der Waals surface area contributed by atoms with Crippen LogP contribution in [-0.4, -0.2) is 26.1 Å². The molecular formula is C14H18N4O2. The van der Waals surface area contributed by atoms with Crippen molar-refractivity contribution in [3.63, 3.8) is 0 Å². The van der Waals surface area contributed by atoms with Crippen molar-refractivity contribution in [1.29, 1.82) is 0 Å². The van der Waals surface area contributed by atoms with E-state index in [1.807, 2.05) is 24.3 Å². The monoisotopic (exact) mass is 274 g/mol. The van der Waals surface area contributed by atoms with E-state index in [2.05, 4.69) is 15.5 Å². The third-order valence-corrected chi connectivity index (χ3v) is 3.04. The number of benzene rings is 1. The lowest BCUT2D eigenvalue weighted by atomic mass is 10.0. The number of aryl methyl sites for hydroxylation is 1. The largest absolute Gasteiger partial charge is 0.481 e. The van der Waals surface area contributed by atoms with Gasteiger partial charge in [0.2, 0.25) is 0 Å². The molecule has 0 saturated heterocycles. The van der Waals surface area contributed by atoms with Crippen LogP contribution >= 0.6 is 0 Å². The Balaban J connectivity index is 1.89. The summed E-state index contributed by atoms with van der Waals surface area (Å²) in [7, 11) is 1.78. The van der Waals surface area contributed by atoms with Gasteiger partial charge in [0.25, 0.3) is 0 Å². The number of carbonyl (C=O) groups is 1. The van der Waals surface area contributed by atoms with E-state index in [1.54, 1.807) is 20.2 Å². The summed E-state index contributed by atoms with van der Waals surface area (Å²) in [5.74, 6) is -1.14. The van der Waals surface area contributed by atoms with Crippen LogP contribution in [0.5, 0.6) is 0 Å². The zero-order valence-electron chi connectivity index (χ0n) is 11.6. The number of hydrogen-bond donors (Lipinski definition) is 2. The quantitative estimate of drug-likeness (QED) is 0.838. The third-order valence-electron chi connectivity index (χ3n) is 3.04. The van der Waals surface area contributed by atoms with E-state index in [4.69, 9.17) is 5.11 Å². The molecule has 0 aliphatic heterocycles. The van der Waals surface area contributed by atoms with E-state index >= 15 is 0 Å². The van der Waals surface area contributed by atoms with Crippen LogP contribution in [0.3, 0.4) is 0 Å².